The first-order valence-electron chi connectivity index (χ1n) is 6.27. The molecule has 2 rings (SSSR count). The summed E-state index contributed by atoms with van der Waals surface area (Å²) >= 11 is 0. The van der Waals surface area contributed by atoms with Crippen LogP contribution in [0.3, 0.4) is 0 Å². The predicted molar refractivity (Wildman–Crippen MR) is 71.0 cm³/mol. The zero-order valence-electron chi connectivity index (χ0n) is 11.3. The highest BCUT2D eigenvalue weighted by molar-refractivity contribution is 5.87. The normalized spacial score (nSPS) is 19.0. The maximum Gasteiger partial charge on any atom is 0.330 e. The number of halogens is 2. The average Bonchev–Trinajstić information content (AvgIpc) is 2.41. The van der Waals surface area contributed by atoms with Crippen molar-refractivity contribution in [1.82, 2.24) is 0 Å². The van der Waals surface area contributed by atoms with Gasteiger partial charge in [-0.15, -0.1) is 0 Å². The molecule has 0 spiro atoms. The van der Waals surface area contributed by atoms with Gasteiger partial charge in [0, 0.05) is 18.9 Å². The van der Waals surface area contributed by atoms with Gasteiger partial charge in [0.15, 0.2) is 0 Å². The number of carboxylic acid groups (broad SMARTS) is 1. The summed E-state index contributed by atoms with van der Waals surface area (Å²) in [6.07, 6.45) is 1.21. The summed E-state index contributed by atoms with van der Waals surface area (Å²) in [5, 5.41) is 9.29. The molecule has 0 unspecified atom stereocenters. The number of carbonyl (C=O) groups is 2. The maximum atomic E-state index is 13.1. The second kappa shape index (κ2) is 5.27. The van der Waals surface area contributed by atoms with Crippen LogP contribution < -0.4 is 0 Å². The summed E-state index contributed by atoms with van der Waals surface area (Å²) < 4.78 is 30.7. The summed E-state index contributed by atoms with van der Waals surface area (Å²) in [6.45, 7) is 0. The number of hydrogen-bond donors (Lipinski definition) is 1. The molecule has 0 heterocycles. The van der Waals surface area contributed by atoms with E-state index in [-0.39, 0.29) is 0 Å². The maximum absolute atomic E-state index is 13.1. The van der Waals surface area contributed by atoms with E-state index in [1.54, 1.807) is 12.1 Å². The van der Waals surface area contributed by atoms with E-state index < -0.39 is 36.1 Å². The summed E-state index contributed by atoms with van der Waals surface area (Å²) in [7, 11) is 1.24. The fourth-order valence-corrected chi connectivity index (χ4v) is 2.48. The van der Waals surface area contributed by atoms with Crippen molar-refractivity contribution in [1.29, 1.82) is 0 Å². The van der Waals surface area contributed by atoms with Gasteiger partial charge in [-0.25, -0.2) is 13.6 Å². The summed E-state index contributed by atoms with van der Waals surface area (Å²) in [6, 6.07) is 6.24. The van der Waals surface area contributed by atoms with Gasteiger partial charge in [-0.2, -0.15) is 0 Å². The fourth-order valence-electron chi connectivity index (χ4n) is 2.48. The Labute approximate surface area is 120 Å². The molecule has 1 aliphatic carbocycles. The van der Waals surface area contributed by atoms with Crippen LogP contribution in [-0.4, -0.2) is 30.1 Å². The smallest absolute Gasteiger partial charge is 0.330 e. The Bertz CT molecular complexity index is 599. The van der Waals surface area contributed by atoms with E-state index in [9.17, 15) is 23.5 Å². The third-order valence-corrected chi connectivity index (χ3v) is 3.58. The third-order valence-electron chi connectivity index (χ3n) is 3.58. The fraction of sp³-hybridized carbons (Fsp3) is 0.333. The molecule has 1 fully saturated rings. The quantitative estimate of drug-likeness (QED) is 0.685. The van der Waals surface area contributed by atoms with Crippen LogP contribution in [0, 0.1) is 0 Å². The lowest BCUT2D eigenvalue weighted by atomic mass is 9.62. The lowest BCUT2D eigenvalue weighted by molar-refractivity contribution is -0.174. The van der Waals surface area contributed by atoms with Gasteiger partial charge in [-0.1, -0.05) is 24.3 Å². The van der Waals surface area contributed by atoms with Crippen molar-refractivity contribution in [2.45, 2.75) is 24.2 Å². The number of alkyl halides is 2. The zero-order valence-corrected chi connectivity index (χ0v) is 11.3. The highest BCUT2D eigenvalue weighted by atomic mass is 19.3. The highest BCUT2D eigenvalue weighted by Crippen LogP contribution is 2.53. The first-order chi connectivity index (χ1) is 9.79. The molecule has 0 atom stereocenters. The number of aliphatic carboxylic acids is 1. The third kappa shape index (κ3) is 2.94. The Hall–Kier alpha value is -2.24. The second-order valence-corrected chi connectivity index (χ2v) is 5.08. The van der Waals surface area contributed by atoms with Crippen molar-refractivity contribution >= 4 is 18.0 Å². The van der Waals surface area contributed by atoms with Crippen LogP contribution in [0.1, 0.15) is 24.0 Å². The van der Waals surface area contributed by atoms with Crippen LogP contribution in [0.15, 0.2) is 30.3 Å². The number of ether oxygens (including phenoxy) is 1. The Morgan fingerprint density at radius 2 is 2.00 bits per heavy atom. The van der Waals surface area contributed by atoms with Gasteiger partial charge in [0.05, 0.1) is 7.11 Å². The van der Waals surface area contributed by atoms with Gasteiger partial charge in [-0.05, 0) is 17.2 Å². The molecule has 0 saturated heterocycles. The minimum absolute atomic E-state index is 0.313. The molecule has 0 aliphatic heterocycles. The Morgan fingerprint density at radius 1 is 1.33 bits per heavy atom. The highest BCUT2D eigenvalue weighted by Gasteiger charge is 2.62. The van der Waals surface area contributed by atoms with E-state index in [2.05, 4.69) is 4.74 Å². The molecule has 1 N–H and O–H groups in total. The van der Waals surface area contributed by atoms with Crippen LogP contribution in [0.2, 0.25) is 0 Å². The number of carboxylic acids is 1. The largest absolute Gasteiger partial charge is 0.481 e. The number of esters is 1. The van der Waals surface area contributed by atoms with Gasteiger partial charge in [0.2, 0.25) is 0 Å². The molecule has 0 amide bonds. The van der Waals surface area contributed by atoms with Gasteiger partial charge in [-0.3, -0.25) is 4.79 Å². The van der Waals surface area contributed by atoms with Crippen LogP contribution in [0.5, 0.6) is 0 Å². The Morgan fingerprint density at radius 3 is 2.52 bits per heavy atom. The lowest BCUT2D eigenvalue weighted by Crippen LogP contribution is -2.54. The van der Waals surface area contributed by atoms with E-state index in [1.807, 2.05) is 0 Å². The van der Waals surface area contributed by atoms with Crippen molar-refractivity contribution in [3.63, 3.8) is 0 Å². The van der Waals surface area contributed by atoms with Crippen molar-refractivity contribution in [3.8, 4) is 0 Å². The first kappa shape index (κ1) is 15.2. The first-order valence-corrected chi connectivity index (χ1v) is 6.27. The standard InChI is InChI=1S/C15H14F2O4/c1-21-12(18)6-5-10-3-2-4-11(7-10)14(13(19)20)8-15(16,17)9-14/h2-7H,8-9H2,1H3,(H,19,20). The molecule has 1 aliphatic rings. The monoisotopic (exact) mass is 296 g/mol. The Kier molecular flexibility index (Phi) is 3.80. The molecule has 0 radical (unpaired) electrons. The number of methoxy groups -OCH3 is 1. The molecule has 1 saturated carbocycles. The van der Waals surface area contributed by atoms with Crippen molar-refractivity contribution in [3.05, 3.63) is 41.5 Å². The van der Waals surface area contributed by atoms with Gasteiger partial charge in [0.25, 0.3) is 5.92 Å². The molecule has 21 heavy (non-hydrogen) atoms. The predicted octanol–water partition coefficient (Wildman–Crippen LogP) is 2.62. The topological polar surface area (TPSA) is 63.6 Å². The van der Waals surface area contributed by atoms with Crippen LogP contribution >= 0.6 is 0 Å². The number of hydrogen-bond acceptors (Lipinski definition) is 3. The van der Waals surface area contributed by atoms with E-state index >= 15 is 0 Å². The minimum atomic E-state index is -2.95. The number of rotatable bonds is 4. The molecule has 1 aromatic rings. The molecule has 6 heteroatoms. The van der Waals surface area contributed by atoms with E-state index in [0.717, 1.165) is 0 Å². The minimum Gasteiger partial charge on any atom is -0.481 e. The second-order valence-electron chi connectivity index (χ2n) is 5.08. The van der Waals surface area contributed by atoms with Crippen molar-refractivity contribution in [2.24, 2.45) is 0 Å². The number of benzene rings is 1. The van der Waals surface area contributed by atoms with Crippen LogP contribution in [0.25, 0.3) is 6.08 Å². The summed E-state index contributed by atoms with van der Waals surface area (Å²) in [5.41, 5.74) is -0.694. The van der Waals surface area contributed by atoms with Gasteiger partial charge >= 0.3 is 11.9 Å². The molecular weight excluding hydrogens is 282 g/mol. The molecule has 0 aromatic heterocycles. The van der Waals surface area contributed by atoms with Gasteiger partial charge < -0.3 is 9.84 Å². The lowest BCUT2D eigenvalue weighted by Gasteiger charge is -2.44. The summed E-state index contributed by atoms with van der Waals surface area (Å²) in [4.78, 5) is 22.4. The summed E-state index contributed by atoms with van der Waals surface area (Å²) in [5.74, 6) is -4.76. The zero-order chi connectivity index (χ0) is 15.7. The Balaban J connectivity index is 2.30. The van der Waals surface area contributed by atoms with Crippen LogP contribution in [0.4, 0.5) is 8.78 Å². The van der Waals surface area contributed by atoms with E-state index in [0.29, 0.717) is 11.1 Å². The molecule has 0 bridgehead atoms. The van der Waals surface area contributed by atoms with Crippen LogP contribution in [-0.2, 0) is 19.7 Å². The molecular formula is C15H14F2O4. The van der Waals surface area contributed by atoms with Crippen molar-refractivity contribution in [2.75, 3.05) is 7.11 Å². The number of carbonyl (C=O) groups excluding carboxylic acids is 1. The SMILES string of the molecule is COC(=O)C=Cc1cccc(C2(C(=O)O)CC(F)(F)C2)c1. The van der Waals surface area contributed by atoms with E-state index in [4.69, 9.17) is 0 Å². The van der Waals surface area contributed by atoms with E-state index in [1.165, 1.54) is 31.4 Å². The van der Waals surface area contributed by atoms with Crippen molar-refractivity contribution < 1.29 is 28.2 Å². The van der Waals surface area contributed by atoms with Gasteiger partial charge in [0.1, 0.15) is 5.41 Å². The molecule has 112 valence electrons. The molecule has 4 nitrogen and oxygen atoms in total. The average molecular weight is 296 g/mol. The molecule has 1 aromatic carbocycles.